The molecule has 1 aromatic heterocycles. The van der Waals surface area contributed by atoms with Crippen molar-refractivity contribution < 1.29 is 4.79 Å². The highest BCUT2D eigenvalue weighted by molar-refractivity contribution is 5.93. The Labute approximate surface area is 83.7 Å². The van der Waals surface area contributed by atoms with Gasteiger partial charge < -0.3 is 10.6 Å². The molecule has 1 heterocycles. The number of aromatic nitrogens is 1. The molecule has 0 unspecified atom stereocenters. The Morgan fingerprint density at radius 2 is 2.14 bits per heavy atom. The highest BCUT2D eigenvalue weighted by Gasteiger charge is 2.09. The summed E-state index contributed by atoms with van der Waals surface area (Å²) in [4.78, 5) is 17.2. The molecule has 14 heavy (non-hydrogen) atoms. The van der Waals surface area contributed by atoms with Crippen LogP contribution in [-0.2, 0) is 0 Å². The second-order valence-corrected chi connectivity index (χ2v) is 3.10. The first-order chi connectivity index (χ1) is 6.75. The number of amides is 1. The largest absolute Gasteiger partial charge is 0.342 e. The number of nitrogens with two attached hydrogens (primary N) is 1. The fourth-order valence-electron chi connectivity index (χ4n) is 1.14. The van der Waals surface area contributed by atoms with E-state index in [4.69, 9.17) is 5.73 Å². The van der Waals surface area contributed by atoms with Crippen molar-refractivity contribution in [2.75, 3.05) is 20.1 Å². The molecule has 0 atom stereocenters. The van der Waals surface area contributed by atoms with Crippen LogP contribution in [0.1, 0.15) is 16.8 Å². The predicted molar refractivity (Wildman–Crippen MR) is 54.9 cm³/mol. The van der Waals surface area contributed by atoms with E-state index in [0.717, 1.165) is 6.42 Å². The van der Waals surface area contributed by atoms with E-state index in [1.165, 1.54) is 0 Å². The summed E-state index contributed by atoms with van der Waals surface area (Å²) < 4.78 is 0. The molecule has 0 aliphatic rings. The van der Waals surface area contributed by atoms with Gasteiger partial charge in [-0.3, -0.25) is 9.78 Å². The molecule has 4 nitrogen and oxygen atoms in total. The first-order valence-electron chi connectivity index (χ1n) is 4.61. The Kier molecular flexibility index (Phi) is 4.07. The Balaban J connectivity index is 2.57. The molecule has 0 bridgehead atoms. The average Bonchev–Trinajstić information content (AvgIpc) is 2.26. The topological polar surface area (TPSA) is 59.2 Å². The quantitative estimate of drug-likeness (QED) is 0.757. The van der Waals surface area contributed by atoms with Crippen LogP contribution in [0, 0.1) is 0 Å². The van der Waals surface area contributed by atoms with Gasteiger partial charge in [0.2, 0.25) is 0 Å². The average molecular weight is 193 g/mol. The van der Waals surface area contributed by atoms with Crippen molar-refractivity contribution in [1.82, 2.24) is 9.88 Å². The molecule has 0 radical (unpaired) electrons. The minimum atomic E-state index is 0.0147. The van der Waals surface area contributed by atoms with Crippen LogP contribution in [0.2, 0.25) is 0 Å². The van der Waals surface area contributed by atoms with Crippen LogP contribution in [0.25, 0.3) is 0 Å². The minimum absolute atomic E-state index is 0.0147. The molecule has 0 saturated carbocycles. The zero-order valence-corrected chi connectivity index (χ0v) is 8.31. The highest BCUT2D eigenvalue weighted by Crippen LogP contribution is 2.01. The van der Waals surface area contributed by atoms with Gasteiger partial charge in [-0.2, -0.15) is 0 Å². The zero-order valence-electron chi connectivity index (χ0n) is 8.31. The number of hydrogen-bond acceptors (Lipinski definition) is 3. The lowest BCUT2D eigenvalue weighted by Gasteiger charge is -2.16. The van der Waals surface area contributed by atoms with Gasteiger partial charge in [0, 0.05) is 31.5 Å². The summed E-state index contributed by atoms with van der Waals surface area (Å²) in [6.07, 6.45) is 4.06. The third kappa shape index (κ3) is 2.81. The summed E-state index contributed by atoms with van der Waals surface area (Å²) in [6.45, 7) is 1.30. The van der Waals surface area contributed by atoms with Gasteiger partial charge in [-0.15, -0.1) is 0 Å². The Morgan fingerprint density at radius 1 is 1.50 bits per heavy atom. The van der Waals surface area contributed by atoms with E-state index in [1.807, 2.05) is 0 Å². The van der Waals surface area contributed by atoms with Crippen LogP contribution in [0.5, 0.6) is 0 Å². The van der Waals surface area contributed by atoms with Crippen LogP contribution >= 0.6 is 0 Å². The second kappa shape index (κ2) is 5.34. The summed E-state index contributed by atoms with van der Waals surface area (Å²) >= 11 is 0. The third-order valence-electron chi connectivity index (χ3n) is 1.97. The van der Waals surface area contributed by atoms with E-state index < -0.39 is 0 Å². The highest BCUT2D eigenvalue weighted by atomic mass is 16.2. The second-order valence-electron chi connectivity index (χ2n) is 3.10. The first-order valence-corrected chi connectivity index (χ1v) is 4.61. The van der Waals surface area contributed by atoms with Gasteiger partial charge in [0.05, 0.1) is 0 Å². The van der Waals surface area contributed by atoms with E-state index in [2.05, 4.69) is 4.98 Å². The smallest absolute Gasteiger partial charge is 0.253 e. The van der Waals surface area contributed by atoms with Crippen LogP contribution in [0.15, 0.2) is 24.5 Å². The van der Waals surface area contributed by atoms with Crippen LogP contribution in [-0.4, -0.2) is 35.9 Å². The Bertz CT molecular complexity index is 287. The molecule has 0 spiro atoms. The van der Waals surface area contributed by atoms with Gasteiger partial charge in [-0.25, -0.2) is 0 Å². The van der Waals surface area contributed by atoms with Crippen LogP contribution < -0.4 is 5.73 Å². The third-order valence-corrected chi connectivity index (χ3v) is 1.97. The summed E-state index contributed by atoms with van der Waals surface area (Å²) in [6, 6.07) is 3.42. The zero-order chi connectivity index (χ0) is 10.4. The van der Waals surface area contributed by atoms with Gasteiger partial charge in [0.25, 0.3) is 5.91 Å². The van der Waals surface area contributed by atoms with Crippen molar-refractivity contribution in [3.63, 3.8) is 0 Å². The SMILES string of the molecule is CN(CCCN)C(=O)c1ccncc1. The number of carbonyl (C=O) groups is 1. The lowest BCUT2D eigenvalue weighted by atomic mass is 10.2. The maximum Gasteiger partial charge on any atom is 0.253 e. The molecule has 4 heteroatoms. The van der Waals surface area contributed by atoms with Crippen LogP contribution in [0.3, 0.4) is 0 Å². The number of nitrogens with zero attached hydrogens (tertiary/aromatic N) is 2. The Morgan fingerprint density at radius 3 is 2.71 bits per heavy atom. The number of carbonyl (C=O) groups excluding carboxylic acids is 1. The maximum absolute atomic E-state index is 11.7. The molecule has 1 amide bonds. The standard InChI is InChI=1S/C10H15N3O/c1-13(8-2-5-11)10(14)9-3-6-12-7-4-9/h3-4,6-7H,2,5,8,11H2,1H3. The van der Waals surface area contributed by atoms with Gasteiger partial charge in [0.1, 0.15) is 0 Å². The minimum Gasteiger partial charge on any atom is -0.342 e. The Hall–Kier alpha value is -1.42. The monoisotopic (exact) mass is 193 g/mol. The van der Waals surface area contributed by atoms with Crippen molar-refractivity contribution in [2.45, 2.75) is 6.42 Å². The van der Waals surface area contributed by atoms with Crippen LogP contribution in [0.4, 0.5) is 0 Å². The molecule has 0 fully saturated rings. The van der Waals surface area contributed by atoms with Gasteiger partial charge in [0.15, 0.2) is 0 Å². The molecule has 0 saturated heterocycles. The molecule has 0 aromatic carbocycles. The molecule has 0 aliphatic carbocycles. The van der Waals surface area contributed by atoms with Gasteiger partial charge in [-0.05, 0) is 25.1 Å². The van der Waals surface area contributed by atoms with E-state index in [-0.39, 0.29) is 5.91 Å². The van der Waals surface area contributed by atoms with Crippen molar-refractivity contribution in [1.29, 1.82) is 0 Å². The normalized spacial score (nSPS) is 9.86. The summed E-state index contributed by atoms with van der Waals surface area (Å²) in [5.41, 5.74) is 6.03. The fraction of sp³-hybridized carbons (Fsp3) is 0.400. The first kappa shape index (κ1) is 10.7. The van der Waals surface area contributed by atoms with Gasteiger partial charge in [-0.1, -0.05) is 0 Å². The molecular weight excluding hydrogens is 178 g/mol. The molecular formula is C10H15N3O. The summed E-state index contributed by atoms with van der Waals surface area (Å²) in [5, 5.41) is 0. The molecule has 2 N–H and O–H groups in total. The molecule has 1 aromatic rings. The molecule has 1 rings (SSSR count). The maximum atomic E-state index is 11.7. The lowest BCUT2D eigenvalue weighted by Crippen LogP contribution is -2.28. The number of pyridine rings is 1. The molecule has 0 aliphatic heterocycles. The summed E-state index contributed by atoms with van der Waals surface area (Å²) in [5.74, 6) is 0.0147. The van der Waals surface area contributed by atoms with E-state index >= 15 is 0 Å². The van der Waals surface area contributed by atoms with E-state index in [9.17, 15) is 4.79 Å². The number of rotatable bonds is 4. The fourth-order valence-corrected chi connectivity index (χ4v) is 1.14. The molecule has 76 valence electrons. The van der Waals surface area contributed by atoms with Crippen molar-refractivity contribution in [3.05, 3.63) is 30.1 Å². The van der Waals surface area contributed by atoms with E-state index in [1.54, 1.807) is 36.5 Å². The van der Waals surface area contributed by atoms with E-state index in [0.29, 0.717) is 18.7 Å². The summed E-state index contributed by atoms with van der Waals surface area (Å²) in [7, 11) is 1.78. The van der Waals surface area contributed by atoms with Crippen molar-refractivity contribution >= 4 is 5.91 Å². The van der Waals surface area contributed by atoms with Crippen molar-refractivity contribution in [3.8, 4) is 0 Å². The number of hydrogen-bond donors (Lipinski definition) is 1. The van der Waals surface area contributed by atoms with Crippen molar-refractivity contribution in [2.24, 2.45) is 5.73 Å². The van der Waals surface area contributed by atoms with Gasteiger partial charge >= 0.3 is 0 Å². The predicted octanol–water partition coefficient (Wildman–Crippen LogP) is 0.502. The lowest BCUT2D eigenvalue weighted by molar-refractivity contribution is 0.0794.